The van der Waals surface area contributed by atoms with Gasteiger partial charge >= 0.3 is 0 Å². The summed E-state index contributed by atoms with van der Waals surface area (Å²) >= 11 is 0. The molecule has 1 saturated heterocycles. The van der Waals surface area contributed by atoms with Crippen LogP contribution in [0.3, 0.4) is 0 Å². The molecule has 1 aliphatic carbocycles. The van der Waals surface area contributed by atoms with E-state index in [1.165, 1.54) is 32.4 Å². The Kier molecular flexibility index (Phi) is 1.63. The predicted octanol–water partition coefficient (Wildman–Crippen LogP) is 1.34. The minimum Gasteiger partial charge on any atom is -0.316 e. The molecule has 1 heterocycles. The van der Waals surface area contributed by atoms with E-state index < -0.39 is 0 Å². The van der Waals surface area contributed by atoms with Crippen LogP contribution in [0, 0.1) is 5.41 Å². The van der Waals surface area contributed by atoms with Crippen LogP contribution in [0.25, 0.3) is 0 Å². The van der Waals surface area contributed by atoms with Crippen molar-refractivity contribution in [2.75, 3.05) is 13.1 Å². The van der Waals surface area contributed by atoms with Gasteiger partial charge in [0.25, 0.3) is 0 Å². The molecule has 2 rings (SSSR count). The number of hydrogen-bond acceptors (Lipinski definition) is 1. The number of nitrogens with one attached hydrogen (secondary N) is 1. The molecule has 0 aromatic carbocycles. The maximum absolute atomic E-state index is 3.30. The third-order valence-corrected chi connectivity index (χ3v) is 2.41. The first-order valence-corrected chi connectivity index (χ1v) is 3.12. The fraction of sp³-hybridized carbons (Fsp3) is 1.00. The minimum absolute atomic E-state index is 0. The van der Waals surface area contributed by atoms with E-state index in [1.807, 2.05) is 0 Å². The Balaban J connectivity index is 0.000000320. The molecule has 1 nitrogen and oxygen atoms in total. The van der Waals surface area contributed by atoms with Crippen LogP contribution in [-0.4, -0.2) is 13.1 Å². The Morgan fingerprint density at radius 1 is 1.12 bits per heavy atom. The largest absolute Gasteiger partial charge is 0.316 e. The Hall–Kier alpha value is 0.440. The lowest BCUT2D eigenvalue weighted by atomic mass is 9.65. The Labute approximate surface area is 60.6 Å². The van der Waals surface area contributed by atoms with Crippen molar-refractivity contribution in [2.24, 2.45) is 5.41 Å². The number of halogens is 1. The summed E-state index contributed by atoms with van der Waals surface area (Å²) in [6.45, 7) is 2.62. The highest BCUT2D eigenvalue weighted by atomic mass is 79.9. The summed E-state index contributed by atoms with van der Waals surface area (Å²) in [5.74, 6) is 0. The van der Waals surface area contributed by atoms with Crippen LogP contribution >= 0.6 is 17.0 Å². The summed E-state index contributed by atoms with van der Waals surface area (Å²) in [6, 6.07) is 0. The van der Waals surface area contributed by atoms with Crippen molar-refractivity contribution in [1.82, 2.24) is 5.32 Å². The van der Waals surface area contributed by atoms with Crippen molar-refractivity contribution >= 4 is 17.0 Å². The first kappa shape index (κ1) is 6.56. The van der Waals surface area contributed by atoms with Crippen molar-refractivity contribution in [3.05, 3.63) is 0 Å². The van der Waals surface area contributed by atoms with Gasteiger partial charge in [-0.05, 0) is 18.3 Å². The molecule has 0 radical (unpaired) electrons. The zero-order chi connectivity index (χ0) is 4.74. The summed E-state index contributed by atoms with van der Waals surface area (Å²) in [5, 5.41) is 3.30. The molecule has 1 aliphatic heterocycles. The lowest BCUT2D eigenvalue weighted by Gasteiger charge is -2.49. The van der Waals surface area contributed by atoms with Gasteiger partial charge < -0.3 is 5.32 Å². The highest BCUT2D eigenvalue weighted by molar-refractivity contribution is 8.93. The van der Waals surface area contributed by atoms with Crippen LogP contribution in [0.5, 0.6) is 0 Å². The van der Waals surface area contributed by atoms with Crippen molar-refractivity contribution in [1.29, 1.82) is 0 Å². The van der Waals surface area contributed by atoms with E-state index >= 15 is 0 Å². The average molecular weight is 178 g/mol. The van der Waals surface area contributed by atoms with Gasteiger partial charge in [0.15, 0.2) is 0 Å². The first-order valence-electron chi connectivity index (χ1n) is 3.12. The fourth-order valence-electron chi connectivity index (χ4n) is 1.51. The summed E-state index contributed by atoms with van der Waals surface area (Å²) in [4.78, 5) is 0. The SMILES string of the molecule is Br.C1CC2(C1)CNC2. The van der Waals surface area contributed by atoms with Crippen LogP contribution in [0.1, 0.15) is 19.3 Å². The summed E-state index contributed by atoms with van der Waals surface area (Å²) in [5.41, 5.74) is 0.833. The third kappa shape index (κ3) is 0.705. The second-order valence-electron chi connectivity index (χ2n) is 2.96. The minimum atomic E-state index is 0. The molecule has 1 saturated carbocycles. The zero-order valence-corrected chi connectivity index (χ0v) is 6.66. The molecule has 2 aliphatic rings. The van der Waals surface area contributed by atoms with Gasteiger partial charge in [0, 0.05) is 13.1 Å². The first-order chi connectivity index (χ1) is 3.41. The van der Waals surface area contributed by atoms with E-state index in [1.54, 1.807) is 0 Å². The van der Waals surface area contributed by atoms with E-state index in [-0.39, 0.29) is 17.0 Å². The van der Waals surface area contributed by atoms with E-state index in [4.69, 9.17) is 0 Å². The van der Waals surface area contributed by atoms with Crippen molar-refractivity contribution in [2.45, 2.75) is 19.3 Å². The summed E-state index contributed by atoms with van der Waals surface area (Å²) in [7, 11) is 0. The van der Waals surface area contributed by atoms with E-state index in [0.717, 1.165) is 5.41 Å². The van der Waals surface area contributed by atoms with Gasteiger partial charge in [-0.25, -0.2) is 0 Å². The molecule has 1 N–H and O–H groups in total. The monoisotopic (exact) mass is 177 g/mol. The summed E-state index contributed by atoms with van der Waals surface area (Å²) in [6.07, 6.45) is 4.49. The van der Waals surface area contributed by atoms with E-state index in [2.05, 4.69) is 5.32 Å². The molecule has 0 amide bonds. The van der Waals surface area contributed by atoms with Crippen LogP contribution in [-0.2, 0) is 0 Å². The summed E-state index contributed by atoms with van der Waals surface area (Å²) < 4.78 is 0. The quantitative estimate of drug-likeness (QED) is 0.590. The van der Waals surface area contributed by atoms with Gasteiger partial charge in [-0.15, -0.1) is 17.0 Å². The molecule has 48 valence electrons. The molecule has 0 aromatic heterocycles. The zero-order valence-electron chi connectivity index (χ0n) is 4.94. The van der Waals surface area contributed by atoms with E-state index in [0.29, 0.717) is 0 Å². The highest BCUT2D eigenvalue weighted by Crippen LogP contribution is 2.43. The topological polar surface area (TPSA) is 12.0 Å². The van der Waals surface area contributed by atoms with Gasteiger partial charge in [0.2, 0.25) is 0 Å². The van der Waals surface area contributed by atoms with Gasteiger partial charge in [-0.2, -0.15) is 0 Å². The number of rotatable bonds is 0. The van der Waals surface area contributed by atoms with Gasteiger partial charge in [0.1, 0.15) is 0 Å². The average Bonchev–Trinajstić information content (AvgIpc) is 1.20. The van der Waals surface area contributed by atoms with Crippen molar-refractivity contribution < 1.29 is 0 Å². The van der Waals surface area contributed by atoms with Crippen molar-refractivity contribution in [3.63, 3.8) is 0 Å². The maximum atomic E-state index is 3.30. The van der Waals surface area contributed by atoms with Gasteiger partial charge in [-0.1, -0.05) is 6.42 Å². The second-order valence-corrected chi connectivity index (χ2v) is 2.96. The molecular formula is C6H12BrN. The molecule has 0 bridgehead atoms. The lowest BCUT2D eigenvalue weighted by Crippen LogP contribution is -2.57. The van der Waals surface area contributed by atoms with Crippen LogP contribution in [0.15, 0.2) is 0 Å². The highest BCUT2D eigenvalue weighted by Gasteiger charge is 2.41. The normalized spacial score (nSPS) is 30.0. The molecule has 0 aromatic rings. The Bertz CT molecular complexity index is 69.0. The third-order valence-electron chi connectivity index (χ3n) is 2.41. The Morgan fingerprint density at radius 2 is 1.75 bits per heavy atom. The second kappa shape index (κ2) is 1.99. The molecule has 0 unspecified atom stereocenters. The molecular weight excluding hydrogens is 166 g/mol. The Morgan fingerprint density at radius 3 is 1.75 bits per heavy atom. The molecule has 8 heavy (non-hydrogen) atoms. The van der Waals surface area contributed by atoms with Gasteiger partial charge in [-0.3, -0.25) is 0 Å². The van der Waals surface area contributed by atoms with Crippen LogP contribution < -0.4 is 5.32 Å². The molecule has 2 heteroatoms. The lowest BCUT2D eigenvalue weighted by molar-refractivity contribution is 0.0603. The fourth-order valence-corrected chi connectivity index (χ4v) is 1.51. The standard InChI is InChI=1S/C6H11N.BrH/c1-2-6(3-1)4-7-5-6;/h7H,1-5H2;1H. The van der Waals surface area contributed by atoms with Gasteiger partial charge in [0.05, 0.1) is 0 Å². The van der Waals surface area contributed by atoms with E-state index in [9.17, 15) is 0 Å². The molecule has 2 fully saturated rings. The smallest absolute Gasteiger partial charge is 0.00202 e. The number of hydrogen-bond donors (Lipinski definition) is 1. The predicted molar refractivity (Wildman–Crippen MR) is 39.5 cm³/mol. The molecule has 1 spiro atoms. The van der Waals surface area contributed by atoms with Crippen LogP contribution in [0.4, 0.5) is 0 Å². The van der Waals surface area contributed by atoms with Crippen molar-refractivity contribution in [3.8, 4) is 0 Å². The maximum Gasteiger partial charge on any atom is 0.00202 e. The molecule has 0 atom stereocenters. The van der Waals surface area contributed by atoms with Crippen LogP contribution in [0.2, 0.25) is 0 Å².